The van der Waals surface area contributed by atoms with E-state index in [1.54, 1.807) is 31.3 Å². The van der Waals surface area contributed by atoms with Crippen LogP contribution in [0.15, 0.2) is 54.6 Å². The minimum Gasteiger partial charge on any atom is -0.489 e. The van der Waals surface area contributed by atoms with Gasteiger partial charge in [0.15, 0.2) is 13.2 Å². The van der Waals surface area contributed by atoms with E-state index in [0.717, 1.165) is 5.56 Å². The molecule has 2 rings (SSSR count). The van der Waals surface area contributed by atoms with Crippen LogP contribution in [0.2, 0.25) is 0 Å². The number of nitrogens with zero attached hydrogens (tertiary/aromatic N) is 2. The second-order valence-electron chi connectivity index (χ2n) is 5.92. The van der Waals surface area contributed by atoms with E-state index in [1.807, 2.05) is 36.4 Å². The molecule has 0 radical (unpaired) electrons. The summed E-state index contributed by atoms with van der Waals surface area (Å²) < 4.78 is 15.9. The highest BCUT2D eigenvalue weighted by molar-refractivity contribution is 5.80. The maximum absolute atomic E-state index is 11.7. The molecule has 28 heavy (non-hydrogen) atoms. The van der Waals surface area contributed by atoms with Gasteiger partial charge in [-0.2, -0.15) is 5.26 Å². The highest BCUT2D eigenvalue weighted by Crippen LogP contribution is 2.18. The van der Waals surface area contributed by atoms with Crippen molar-refractivity contribution in [1.29, 1.82) is 5.26 Å². The average molecular weight is 382 g/mol. The van der Waals surface area contributed by atoms with Crippen molar-refractivity contribution in [3.05, 3.63) is 60.2 Å². The number of rotatable bonds is 10. The molecule has 0 saturated heterocycles. The van der Waals surface area contributed by atoms with Gasteiger partial charge in [-0.15, -0.1) is 0 Å². The van der Waals surface area contributed by atoms with Gasteiger partial charge in [0.1, 0.15) is 18.1 Å². The van der Waals surface area contributed by atoms with Crippen LogP contribution in [0.5, 0.6) is 11.5 Å². The molecule has 0 fully saturated rings. The lowest BCUT2D eigenvalue weighted by molar-refractivity contribution is -0.153. The molecular formula is C21H22N2O5. The maximum atomic E-state index is 11.7. The number of hydrogen-bond acceptors (Lipinski definition) is 6. The predicted octanol–water partition coefficient (Wildman–Crippen LogP) is 2.56. The first-order valence-corrected chi connectivity index (χ1v) is 8.74. The molecule has 146 valence electrons. The van der Waals surface area contributed by atoms with Gasteiger partial charge in [0.2, 0.25) is 0 Å². The molecule has 7 heteroatoms. The molecule has 0 aliphatic carbocycles. The van der Waals surface area contributed by atoms with Crippen molar-refractivity contribution in [2.75, 3.05) is 26.8 Å². The molecule has 0 spiro atoms. The molecule has 0 N–H and O–H groups in total. The monoisotopic (exact) mass is 382 g/mol. The Morgan fingerprint density at radius 2 is 1.61 bits per heavy atom. The van der Waals surface area contributed by atoms with E-state index in [-0.39, 0.29) is 25.5 Å². The molecule has 2 aromatic rings. The van der Waals surface area contributed by atoms with E-state index in [0.29, 0.717) is 24.7 Å². The lowest BCUT2D eigenvalue weighted by atomic mass is 10.2. The van der Waals surface area contributed by atoms with Crippen LogP contribution in [0, 0.1) is 11.3 Å². The molecule has 0 heterocycles. The number of benzene rings is 2. The first-order valence-electron chi connectivity index (χ1n) is 8.74. The SMILES string of the molecule is CN(CCC#N)C(=O)COC(=O)COc1ccc(OCc2ccccc2)cc1. The second-order valence-corrected chi connectivity index (χ2v) is 5.92. The van der Waals surface area contributed by atoms with E-state index in [2.05, 4.69) is 0 Å². The van der Waals surface area contributed by atoms with E-state index < -0.39 is 5.97 Å². The van der Waals surface area contributed by atoms with Crippen LogP contribution < -0.4 is 9.47 Å². The summed E-state index contributed by atoms with van der Waals surface area (Å²) >= 11 is 0. The van der Waals surface area contributed by atoms with E-state index in [9.17, 15) is 9.59 Å². The summed E-state index contributed by atoms with van der Waals surface area (Å²) in [6, 6.07) is 18.6. The first kappa shape index (κ1) is 20.8. The summed E-state index contributed by atoms with van der Waals surface area (Å²) in [5.41, 5.74) is 1.07. The third-order valence-electron chi connectivity index (χ3n) is 3.77. The summed E-state index contributed by atoms with van der Waals surface area (Å²) in [6.07, 6.45) is 0.227. The standard InChI is InChI=1S/C21H22N2O5/c1-23(13-5-12-22)20(24)15-28-21(25)16-27-19-10-8-18(9-11-19)26-14-17-6-3-2-4-7-17/h2-4,6-11H,5,13-16H2,1H3. The Bertz CT molecular complexity index is 800. The van der Waals surface area contributed by atoms with Crippen molar-refractivity contribution in [3.63, 3.8) is 0 Å². The number of amides is 1. The number of ether oxygens (including phenoxy) is 3. The minimum absolute atomic E-state index is 0.227. The van der Waals surface area contributed by atoms with Crippen LogP contribution in [0.25, 0.3) is 0 Å². The highest BCUT2D eigenvalue weighted by Gasteiger charge is 2.12. The van der Waals surface area contributed by atoms with Crippen molar-refractivity contribution in [2.45, 2.75) is 13.0 Å². The lowest BCUT2D eigenvalue weighted by Gasteiger charge is -2.15. The van der Waals surface area contributed by atoms with Gasteiger partial charge in [-0.3, -0.25) is 4.79 Å². The van der Waals surface area contributed by atoms with Crippen LogP contribution >= 0.6 is 0 Å². The second kappa shape index (κ2) is 11.2. The molecule has 7 nitrogen and oxygen atoms in total. The number of carbonyl (C=O) groups is 2. The Morgan fingerprint density at radius 1 is 0.964 bits per heavy atom. The Morgan fingerprint density at radius 3 is 2.25 bits per heavy atom. The van der Waals surface area contributed by atoms with E-state index >= 15 is 0 Å². The first-order chi connectivity index (χ1) is 13.6. The third-order valence-corrected chi connectivity index (χ3v) is 3.77. The quantitative estimate of drug-likeness (QED) is 0.587. The Labute approximate surface area is 164 Å². The zero-order valence-corrected chi connectivity index (χ0v) is 15.7. The van der Waals surface area contributed by atoms with Crippen LogP contribution in [-0.4, -0.2) is 43.6 Å². The molecule has 0 saturated carbocycles. The number of hydrogen-bond donors (Lipinski definition) is 0. The summed E-state index contributed by atoms with van der Waals surface area (Å²) in [5, 5.41) is 8.49. The zero-order valence-electron chi connectivity index (χ0n) is 15.7. The maximum Gasteiger partial charge on any atom is 0.344 e. The summed E-state index contributed by atoms with van der Waals surface area (Å²) in [5.74, 6) is 0.154. The Balaban J connectivity index is 1.68. The topological polar surface area (TPSA) is 88.9 Å². The van der Waals surface area contributed by atoms with Crippen LogP contribution in [-0.2, 0) is 20.9 Å². The van der Waals surface area contributed by atoms with E-state index in [1.165, 1.54) is 4.90 Å². The van der Waals surface area contributed by atoms with Gasteiger partial charge < -0.3 is 19.1 Å². The van der Waals surface area contributed by atoms with Gasteiger partial charge >= 0.3 is 5.97 Å². The van der Waals surface area contributed by atoms with Crippen molar-refractivity contribution >= 4 is 11.9 Å². The largest absolute Gasteiger partial charge is 0.489 e. The van der Waals surface area contributed by atoms with Crippen molar-refractivity contribution in [3.8, 4) is 17.6 Å². The smallest absolute Gasteiger partial charge is 0.344 e. The lowest BCUT2D eigenvalue weighted by Crippen LogP contribution is -2.32. The molecule has 1 amide bonds. The van der Waals surface area contributed by atoms with Gasteiger partial charge in [0.25, 0.3) is 5.91 Å². The molecule has 0 bridgehead atoms. The fourth-order valence-corrected chi connectivity index (χ4v) is 2.15. The molecule has 0 aliphatic rings. The fraction of sp³-hybridized carbons (Fsp3) is 0.286. The molecule has 2 aromatic carbocycles. The number of carbonyl (C=O) groups excluding carboxylic acids is 2. The van der Waals surface area contributed by atoms with Crippen molar-refractivity contribution in [1.82, 2.24) is 4.90 Å². The third kappa shape index (κ3) is 7.38. The van der Waals surface area contributed by atoms with Gasteiger partial charge in [0.05, 0.1) is 12.5 Å². The number of esters is 1. The minimum atomic E-state index is -0.647. The van der Waals surface area contributed by atoms with Crippen LogP contribution in [0.1, 0.15) is 12.0 Å². The van der Waals surface area contributed by atoms with E-state index in [4.69, 9.17) is 19.5 Å². The van der Waals surface area contributed by atoms with Crippen LogP contribution in [0.3, 0.4) is 0 Å². The van der Waals surface area contributed by atoms with Gasteiger partial charge in [-0.25, -0.2) is 4.79 Å². The fourth-order valence-electron chi connectivity index (χ4n) is 2.15. The van der Waals surface area contributed by atoms with Crippen LogP contribution in [0.4, 0.5) is 0 Å². The van der Waals surface area contributed by atoms with Gasteiger partial charge in [0, 0.05) is 13.6 Å². The zero-order chi connectivity index (χ0) is 20.2. The van der Waals surface area contributed by atoms with Gasteiger partial charge in [-0.05, 0) is 29.8 Å². The predicted molar refractivity (Wildman–Crippen MR) is 102 cm³/mol. The van der Waals surface area contributed by atoms with Crippen molar-refractivity contribution in [2.24, 2.45) is 0 Å². The molecule has 0 aliphatic heterocycles. The highest BCUT2D eigenvalue weighted by atomic mass is 16.6. The average Bonchev–Trinajstić information content (AvgIpc) is 2.74. The van der Waals surface area contributed by atoms with Crippen molar-refractivity contribution < 1.29 is 23.8 Å². The molecule has 0 atom stereocenters. The number of likely N-dealkylation sites (N-methyl/N-ethyl adjacent to an activating group) is 1. The summed E-state index contributed by atoms with van der Waals surface area (Å²) in [7, 11) is 1.55. The Hall–Kier alpha value is -3.53. The molecular weight excluding hydrogens is 360 g/mol. The summed E-state index contributed by atoms with van der Waals surface area (Å²) in [4.78, 5) is 24.7. The van der Waals surface area contributed by atoms with Gasteiger partial charge in [-0.1, -0.05) is 30.3 Å². The normalized spacial score (nSPS) is 9.86. The molecule has 0 unspecified atom stereocenters. The molecule has 0 aromatic heterocycles. The summed E-state index contributed by atoms with van der Waals surface area (Å²) in [6.45, 7) is 0.0715. The number of nitriles is 1. The Kier molecular flexibility index (Phi) is 8.34.